The summed E-state index contributed by atoms with van der Waals surface area (Å²) in [5.74, 6) is 1.22. The van der Waals surface area contributed by atoms with Gasteiger partial charge in [-0.3, -0.25) is 9.67 Å². The molecule has 0 fully saturated rings. The van der Waals surface area contributed by atoms with Crippen LogP contribution in [0.5, 0.6) is 0 Å². The summed E-state index contributed by atoms with van der Waals surface area (Å²) in [5.41, 5.74) is 1.99. The van der Waals surface area contributed by atoms with Gasteiger partial charge in [0.25, 0.3) is 0 Å². The quantitative estimate of drug-likeness (QED) is 0.581. The second-order valence-corrected chi connectivity index (χ2v) is 6.09. The number of nitrogens with one attached hydrogen (secondary N) is 1. The summed E-state index contributed by atoms with van der Waals surface area (Å²) in [7, 11) is 3.44. The second-order valence-electron chi connectivity index (χ2n) is 6.09. The number of nitrogens with zero attached hydrogens (tertiary/aromatic N) is 7. The first-order valence-corrected chi connectivity index (χ1v) is 8.25. The molecule has 4 rings (SSSR count). The van der Waals surface area contributed by atoms with E-state index in [1.165, 1.54) is 18.6 Å². The molecule has 0 aromatic carbocycles. The first-order chi connectivity index (χ1) is 13.3. The summed E-state index contributed by atoms with van der Waals surface area (Å²) >= 11 is 0. The fourth-order valence-electron chi connectivity index (χ4n) is 3.10. The molecule has 1 N–H and O–H groups in total. The molecular weight excluding hydrogens is 373 g/mol. The molecule has 4 aromatic heterocycles. The topological polar surface area (TPSA) is 85.8 Å². The number of alkyl halides is 3. The largest absolute Gasteiger partial charge is 0.433 e. The van der Waals surface area contributed by atoms with Gasteiger partial charge in [-0.1, -0.05) is 0 Å². The van der Waals surface area contributed by atoms with E-state index in [4.69, 9.17) is 0 Å². The summed E-state index contributed by atoms with van der Waals surface area (Å²) in [5, 5.41) is 11.5. The molecular formula is C17H15F3N8. The Balaban J connectivity index is 1.92. The number of hydrogen-bond donors (Lipinski definition) is 1. The highest BCUT2D eigenvalue weighted by atomic mass is 19.4. The van der Waals surface area contributed by atoms with Gasteiger partial charge >= 0.3 is 6.18 Å². The summed E-state index contributed by atoms with van der Waals surface area (Å²) < 4.78 is 41.7. The molecule has 0 saturated heterocycles. The summed E-state index contributed by atoms with van der Waals surface area (Å²) in [6.45, 7) is 1.80. The van der Waals surface area contributed by atoms with Crippen molar-refractivity contribution in [3.05, 3.63) is 42.4 Å². The van der Waals surface area contributed by atoms with E-state index < -0.39 is 11.9 Å². The SMILES string of the molecule is CNc1ncnn2c(C)nc(-c3cnn(C)c3-c3ccc(C(F)(F)F)nc3)c12. The van der Waals surface area contributed by atoms with Crippen molar-refractivity contribution in [2.45, 2.75) is 13.1 Å². The van der Waals surface area contributed by atoms with E-state index in [0.717, 1.165) is 6.07 Å². The molecule has 0 unspecified atom stereocenters. The number of hydrogen-bond acceptors (Lipinski definition) is 6. The van der Waals surface area contributed by atoms with Gasteiger partial charge in [-0.05, 0) is 19.1 Å². The minimum Gasteiger partial charge on any atom is -0.371 e. The lowest BCUT2D eigenvalue weighted by Crippen LogP contribution is -2.07. The average molecular weight is 388 g/mol. The van der Waals surface area contributed by atoms with E-state index in [1.807, 2.05) is 0 Å². The number of aryl methyl sites for hydroxylation is 2. The van der Waals surface area contributed by atoms with Crippen molar-refractivity contribution >= 4 is 11.3 Å². The van der Waals surface area contributed by atoms with Gasteiger partial charge in [0.05, 0.1) is 11.9 Å². The minimum absolute atomic E-state index is 0.490. The van der Waals surface area contributed by atoms with Crippen LogP contribution in [0.1, 0.15) is 11.5 Å². The predicted molar refractivity (Wildman–Crippen MR) is 95.5 cm³/mol. The molecule has 28 heavy (non-hydrogen) atoms. The second kappa shape index (κ2) is 6.29. The van der Waals surface area contributed by atoms with Crippen LogP contribution in [0.25, 0.3) is 28.0 Å². The Kier molecular flexibility index (Phi) is 4.02. The lowest BCUT2D eigenvalue weighted by Gasteiger charge is -2.09. The lowest BCUT2D eigenvalue weighted by atomic mass is 10.1. The number of imidazole rings is 1. The van der Waals surface area contributed by atoms with Crippen LogP contribution in [-0.2, 0) is 13.2 Å². The van der Waals surface area contributed by atoms with E-state index >= 15 is 0 Å². The molecule has 0 aliphatic rings. The summed E-state index contributed by atoms with van der Waals surface area (Å²) in [6.07, 6.45) is -0.281. The van der Waals surface area contributed by atoms with Crippen molar-refractivity contribution in [1.82, 2.24) is 34.3 Å². The van der Waals surface area contributed by atoms with Crippen LogP contribution in [0, 0.1) is 6.92 Å². The first kappa shape index (κ1) is 17.9. The van der Waals surface area contributed by atoms with Crippen molar-refractivity contribution in [2.75, 3.05) is 12.4 Å². The monoisotopic (exact) mass is 388 g/mol. The maximum Gasteiger partial charge on any atom is 0.433 e. The number of fused-ring (bicyclic) bond motifs is 1. The Morgan fingerprint density at radius 1 is 1.07 bits per heavy atom. The zero-order valence-corrected chi connectivity index (χ0v) is 15.2. The molecule has 0 aliphatic heterocycles. The smallest absolute Gasteiger partial charge is 0.371 e. The number of rotatable bonds is 3. The normalized spacial score (nSPS) is 11.9. The third-order valence-electron chi connectivity index (χ3n) is 4.35. The van der Waals surface area contributed by atoms with Crippen LogP contribution < -0.4 is 5.32 Å². The van der Waals surface area contributed by atoms with Crippen molar-refractivity contribution in [1.29, 1.82) is 0 Å². The molecule has 4 aromatic rings. The van der Waals surface area contributed by atoms with E-state index in [-0.39, 0.29) is 0 Å². The lowest BCUT2D eigenvalue weighted by molar-refractivity contribution is -0.141. The fraction of sp³-hybridized carbons (Fsp3) is 0.235. The minimum atomic E-state index is -4.50. The van der Waals surface area contributed by atoms with Crippen LogP contribution in [0.4, 0.5) is 19.0 Å². The van der Waals surface area contributed by atoms with Crippen molar-refractivity contribution in [3.8, 4) is 22.5 Å². The Hall–Kier alpha value is -3.50. The van der Waals surface area contributed by atoms with Gasteiger partial charge in [0.1, 0.15) is 29.1 Å². The van der Waals surface area contributed by atoms with Crippen molar-refractivity contribution in [3.63, 3.8) is 0 Å². The number of aromatic nitrogens is 7. The van der Waals surface area contributed by atoms with Gasteiger partial charge in [0, 0.05) is 31.4 Å². The highest BCUT2D eigenvalue weighted by molar-refractivity contribution is 5.91. The number of halogens is 3. The summed E-state index contributed by atoms with van der Waals surface area (Å²) in [6, 6.07) is 2.32. The molecule has 4 heterocycles. The Bertz CT molecular complexity index is 1160. The molecule has 0 radical (unpaired) electrons. The van der Waals surface area contributed by atoms with Crippen LogP contribution in [0.2, 0.25) is 0 Å². The van der Waals surface area contributed by atoms with Gasteiger partial charge in [-0.25, -0.2) is 14.5 Å². The molecule has 11 heteroatoms. The molecule has 0 spiro atoms. The van der Waals surface area contributed by atoms with Gasteiger partial charge < -0.3 is 5.32 Å². The number of pyridine rings is 1. The van der Waals surface area contributed by atoms with E-state index in [2.05, 4.69) is 30.5 Å². The van der Waals surface area contributed by atoms with E-state index in [1.54, 1.807) is 36.4 Å². The molecule has 144 valence electrons. The van der Waals surface area contributed by atoms with Gasteiger partial charge in [0.2, 0.25) is 0 Å². The highest BCUT2D eigenvalue weighted by Crippen LogP contribution is 2.36. The molecule has 0 amide bonds. The van der Waals surface area contributed by atoms with Crippen LogP contribution in [0.15, 0.2) is 30.9 Å². The first-order valence-electron chi connectivity index (χ1n) is 8.25. The maximum atomic E-state index is 12.8. The molecule has 8 nitrogen and oxygen atoms in total. The van der Waals surface area contributed by atoms with Crippen molar-refractivity contribution < 1.29 is 13.2 Å². The molecule has 0 atom stereocenters. The Labute approximate surface area is 157 Å². The van der Waals surface area contributed by atoms with Crippen molar-refractivity contribution in [2.24, 2.45) is 7.05 Å². The summed E-state index contributed by atoms with van der Waals surface area (Å²) in [4.78, 5) is 12.4. The van der Waals surface area contributed by atoms with Gasteiger partial charge in [-0.2, -0.15) is 23.4 Å². The maximum absolute atomic E-state index is 12.8. The highest BCUT2D eigenvalue weighted by Gasteiger charge is 2.32. The van der Waals surface area contributed by atoms with E-state index in [0.29, 0.717) is 39.7 Å². The standard InChI is InChI=1S/C17H15F3N8/c1-9-26-13(15-16(21-2)23-8-25-28(9)15)11-7-24-27(3)14(11)10-4-5-12(22-6-10)17(18,19)20/h4-8H,1-3H3,(H,21,23,25). The van der Waals surface area contributed by atoms with Crippen LogP contribution >= 0.6 is 0 Å². The number of anilines is 1. The zero-order chi connectivity index (χ0) is 20.1. The van der Waals surface area contributed by atoms with Crippen LogP contribution in [0.3, 0.4) is 0 Å². The third kappa shape index (κ3) is 2.75. The van der Waals surface area contributed by atoms with E-state index in [9.17, 15) is 13.2 Å². The van der Waals surface area contributed by atoms with Gasteiger partial charge in [-0.15, -0.1) is 0 Å². The molecule has 0 aliphatic carbocycles. The fourth-order valence-corrected chi connectivity index (χ4v) is 3.10. The Morgan fingerprint density at radius 3 is 2.50 bits per heavy atom. The third-order valence-corrected chi connectivity index (χ3v) is 4.35. The van der Waals surface area contributed by atoms with Crippen LogP contribution in [-0.4, -0.2) is 41.4 Å². The van der Waals surface area contributed by atoms with Gasteiger partial charge in [0.15, 0.2) is 5.82 Å². The zero-order valence-electron chi connectivity index (χ0n) is 15.2. The molecule has 0 bridgehead atoms. The molecule has 0 saturated carbocycles. The average Bonchev–Trinajstić information content (AvgIpc) is 3.21. The Morgan fingerprint density at radius 2 is 1.86 bits per heavy atom. The predicted octanol–water partition coefficient (Wildman–Crippen LogP) is 2.96.